The van der Waals surface area contributed by atoms with Crippen molar-refractivity contribution in [2.24, 2.45) is 0 Å². The molecule has 144 valence electrons. The van der Waals surface area contributed by atoms with Crippen molar-refractivity contribution in [1.29, 1.82) is 0 Å². The fourth-order valence-electron chi connectivity index (χ4n) is 3.20. The minimum Gasteiger partial charge on any atom is -0.387 e. The molecule has 0 aliphatic carbocycles. The van der Waals surface area contributed by atoms with Crippen LogP contribution in [0.4, 0.5) is 5.69 Å². The third kappa shape index (κ3) is 4.78. The number of nitrogens with one attached hydrogen (secondary N) is 1. The van der Waals surface area contributed by atoms with Crippen LogP contribution >= 0.6 is 0 Å². The second-order valence-electron chi connectivity index (χ2n) is 7.00. The molecule has 2 N–H and O–H groups in total. The standard InChI is InChI=1S/C24H26N2O2/c1-26(2)21-15-13-18(14-16-21)22(27)17-25-24(28)23(19-9-5-3-6-10-19)20-11-7-4-8-12-20/h3-16,22-23,27H,17H2,1-2H3,(H,25,28). The summed E-state index contributed by atoms with van der Waals surface area (Å²) in [7, 11) is 3.94. The SMILES string of the molecule is CN(C)c1ccc(C(O)CNC(=O)C(c2ccccc2)c2ccccc2)cc1. The zero-order valence-corrected chi connectivity index (χ0v) is 16.2. The molecule has 3 rings (SSSR count). The number of carbonyl (C=O) groups is 1. The second kappa shape index (κ2) is 9.20. The Balaban J connectivity index is 1.72. The van der Waals surface area contributed by atoms with E-state index in [0.717, 1.165) is 22.4 Å². The topological polar surface area (TPSA) is 52.6 Å². The zero-order chi connectivity index (χ0) is 19.9. The number of rotatable bonds is 7. The molecule has 0 aliphatic heterocycles. The van der Waals surface area contributed by atoms with E-state index in [1.54, 1.807) is 0 Å². The van der Waals surface area contributed by atoms with Crippen LogP contribution in [0.3, 0.4) is 0 Å². The molecule has 0 aromatic heterocycles. The molecule has 3 aromatic rings. The molecule has 1 unspecified atom stereocenters. The lowest BCUT2D eigenvalue weighted by Crippen LogP contribution is -2.33. The van der Waals surface area contributed by atoms with E-state index < -0.39 is 12.0 Å². The predicted octanol–water partition coefficient (Wildman–Crippen LogP) is 3.73. The lowest BCUT2D eigenvalue weighted by Gasteiger charge is -2.20. The summed E-state index contributed by atoms with van der Waals surface area (Å²) in [6.45, 7) is 0.163. The molecular formula is C24H26N2O2. The predicted molar refractivity (Wildman–Crippen MR) is 113 cm³/mol. The van der Waals surface area contributed by atoms with Crippen molar-refractivity contribution in [3.63, 3.8) is 0 Å². The van der Waals surface area contributed by atoms with E-state index in [-0.39, 0.29) is 12.5 Å². The number of benzene rings is 3. The summed E-state index contributed by atoms with van der Waals surface area (Å²) in [6.07, 6.45) is -0.757. The van der Waals surface area contributed by atoms with Gasteiger partial charge in [-0.2, -0.15) is 0 Å². The summed E-state index contributed by atoms with van der Waals surface area (Å²) in [6, 6.07) is 27.1. The Morgan fingerprint density at radius 2 is 1.32 bits per heavy atom. The molecule has 3 aromatic carbocycles. The number of aliphatic hydroxyl groups excluding tert-OH is 1. The fraction of sp³-hybridized carbons (Fsp3) is 0.208. The Hall–Kier alpha value is -3.11. The summed E-state index contributed by atoms with van der Waals surface area (Å²) in [5, 5.41) is 13.4. The highest BCUT2D eigenvalue weighted by Crippen LogP contribution is 2.25. The smallest absolute Gasteiger partial charge is 0.232 e. The van der Waals surface area contributed by atoms with Crippen LogP contribution in [0.25, 0.3) is 0 Å². The molecule has 0 heterocycles. The van der Waals surface area contributed by atoms with Crippen LogP contribution in [0, 0.1) is 0 Å². The van der Waals surface area contributed by atoms with Crippen LogP contribution in [0.5, 0.6) is 0 Å². The number of nitrogens with zero attached hydrogens (tertiary/aromatic N) is 1. The Labute approximate surface area is 166 Å². The van der Waals surface area contributed by atoms with E-state index in [2.05, 4.69) is 5.32 Å². The van der Waals surface area contributed by atoms with Gasteiger partial charge in [0.1, 0.15) is 0 Å². The van der Waals surface area contributed by atoms with Crippen molar-refractivity contribution >= 4 is 11.6 Å². The van der Waals surface area contributed by atoms with Crippen molar-refractivity contribution in [3.8, 4) is 0 Å². The number of carbonyl (C=O) groups excluding carboxylic acids is 1. The van der Waals surface area contributed by atoms with Crippen molar-refractivity contribution < 1.29 is 9.90 Å². The highest BCUT2D eigenvalue weighted by Gasteiger charge is 2.23. The van der Waals surface area contributed by atoms with Gasteiger partial charge in [-0.05, 0) is 28.8 Å². The lowest BCUT2D eigenvalue weighted by atomic mass is 9.90. The Bertz CT molecular complexity index is 838. The third-order valence-electron chi connectivity index (χ3n) is 4.79. The monoisotopic (exact) mass is 374 g/mol. The normalized spacial score (nSPS) is 11.9. The first-order chi connectivity index (χ1) is 13.6. The molecule has 0 bridgehead atoms. The number of aliphatic hydroxyl groups is 1. The first-order valence-electron chi connectivity index (χ1n) is 9.39. The van der Waals surface area contributed by atoms with Gasteiger partial charge in [0.15, 0.2) is 0 Å². The minimum absolute atomic E-state index is 0.124. The van der Waals surface area contributed by atoms with Crippen LogP contribution in [-0.4, -0.2) is 31.7 Å². The van der Waals surface area contributed by atoms with Crippen LogP contribution in [0.2, 0.25) is 0 Å². The van der Waals surface area contributed by atoms with Crippen molar-refractivity contribution in [2.75, 3.05) is 25.5 Å². The number of amides is 1. The molecule has 0 radical (unpaired) electrons. The molecule has 0 fully saturated rings. The third-order valence-corrected chi connectivity index (χ3v) is 4.79. The second-order valence-corrected chi connectivity index (χ2v) is 7.00. The Morgan fingerprint density at radius 1 is 0.821 bits per heavy atom. The summed E-state index contributed by atoms with van der Waals surface area (Å²) >= 11 is 0. The highest BCUT2D eigenvalue weighted by atomic mass is 16.3. The summed E-state index contributed by atoms with van der Waals surface area (Å²) in [5.74, 6) is -0.535. The van der Waals surface area contributed by atoms with Gasteiger partial charge in [-0.25, -0.2) is 0 Å². The maximum absolute atomic E-state index is 13.0. The van der Waals surface area contributed by atoms with E-state index in [9.17, 15) is 9.90 Å². The first-order valence-corrected chi connectivity index (χ1v) is 9.39. The minimum atomic E-state index is -0.757. The molecule has 28 heavy (non-hydrogen) atoms. The maximum atomic E-state index is 13.0. The van der Waals surface area contributed by atoms with Crippen LogP contribution in [0.1, 0.15) is 28.7 Å². The number of anilines is 1. The number of hydrogen-bond donors (Lipinski definition) is 2. The fourth-order valence-corrected chi connectivity index (χ4v) is 3.20. The van der Waals surface area contributed by atoms with Crippen molar-refractivity contribution in [3.05, 3.63) is 102 Å². The molecular weight excluding hydrogens is 348 g/mol. The van der Waals surface area contributed by atoms with Gasteiger partial charge < -0.3 is 15.3 Å². The largest absolute Gasteiger partial charge is 0.387 e. The quantitative estimate of drug-likeness (QED) is 0.662. The molecule has 0 aliphatic rings. The zero-order valence-electron chi connectivity index (χ0n) is 16.2. The van der Waals surface area contributed by atoms with Crippen molar-refractivity contribution in [2.45, 2.75) is 12.0 Å². The Kier molecular flexibility index (Phi) is 6.45. The van der Waals surface area contributed by atoms with Crippen LogP contribution < -0.4 is 10.2 Å². The average molecular weight is 374 g/mol. The van der Waals surface area contributed by atoms with Gasteiger partial charge >= 0.3 is 0 Å². The van der Waals surface area contributed by atoms with E-state index in [1.165, 1.54) is 0 Å². The lowest BCUT2D eigenvalue weighted by molar-refractivity contribution is -0.122. The Morgan fingerprint density at radius 3 is 1.79 bits per heavy atom. The molecule has 4 heteroatoms. The van der Waals surface area contributed by atoms with Gasteiger partial charge in [-0.1, -0.05) is 72.8 Å². The molecule has 0 saturated carbocycles. The maximum Gasteiger partial charge on any atom is 0.232 e. The average Bonchev–Trinajstić information content (AvgIpc) is 2.74. The highest BCUT2D eigenvalue weighted by molar-refractivity contribution is 5.87. The van der Waals surface area contributed by atoms with Gasteiger partial charge in [0.25, 0.3) is 0 Å². The number of hydrogen-bond acceptors (Lipinski definition) is 3. The molecule has 1 amide bonds. The van der Waals surface area contributed by atoms with E-state index >= 15 is 0 Å². The molecule has 0 spiro atoms. The van der Waals surface area contributed by atoms with Crippen LogP contribution in [-0.2, 0) is 4.79 Å². The van der Waals surface area contributed by atoms with E-state index in [0.29, 0.717) is 0 Å². The van der Waals surface area contributed by atoms with Gasteiger partial charge in [-0.3, -0.25) is 4.79 Å². The molecule has 1 atom stereocenters. The van der Waals surface area contributed by atoms with E-state index in [1.807, 2.05) is 104 Å². The van der Waals surface area contributed by atoms with E-state index in [4.69, 9.17) is 0 Å². The molecule has 0 saturated heterocycles. The van der Waals surface area contributed by atoms with Crippen LogP contribution in [0.15, 0.2) is 84.9 Å². The summed E-state index contributed by atoms with van der Waals surface area (Å²) in [4.78, 5) is 15.0. The summed E-state index contributed by atoms with van der Waals surface area (Å²) < 4.78 is 0. The van der Waals surface area contributed by atoms with Crippen molar-refractivity contribution in [1.82, 2.24) is 5.32 Å². The first kappa shape index (κ1) is 19.6. The van der Waals surface area contributed by atoms with Gasteiger partial charge in [0.05, 0.1) is 12.0 Å². The van der Waals surface area contributed by atoms with Gasteiger partial charge in [-0.15, -0.1) is 0 Å². The van der Waals surface area contributed by atoms with Gasteiger partial charge in [0.2, 0.25) is 5.91 Å². The van der Waals surface area contributed by atoms with Gasteiger partial charge in [0, 0.05) is 26.3 Å². The molecule has 4 nitrogen and oxygen atoms in total. The summed E-state index contributed by atoms with van der Waals surface area (Å²) in [5.41, 5.74) is 3.70.